The molecule has 0 aromatic heterocycles. The minimum atomic E-state index is 0. The van der Waals surface area contributed by atoms with E-state index in [9.17, 15) is 0 Å². The highest BCUT2D eigenvalue weighted by Gasteiger charge is 2.08. The largest absolute Gasteiger partial charge is 0.388 e. The zero-order valence-corrected chi connectivity index (χ0v) is 10.1. The van der Waals surface area contributed by atoms with Crippen LogP contribution < -0.4 is 5.73 Å². The Morgan fingerprint density at radius 3 is 2.21 bits per heavy atom. The molecule has 5 heteroatoms. The van der Waals surface area contributed by atoms with Gasteiger partial charge in [0.1, 0.15) is 0 Å². The van der Waals surface area contributed by atoms with Crippen LogP contribution in [0.25, 0.3) is 0 Å². The Labute approximate surface area is 98.7 Å². The maximum Gasteiger partial charge on any atom is 0.0905 e. The molecule has 1 rings (SSSR count). The molecule has 0 aromatic rings. The first kappa shape index (κ1) is 16.4. The van der Waals surface area contributed by atoms with Crippen LogP contribution in [-0.2, 0) is 0 Å². The molecule has 1 aliphatic rings. The molecule has 0 unspecified atom stereocenters. The second kappa shape index (κ2) is 9.56. The predicted octanol–water partition coefficient (Wildman–Crippen LogP) is 2.03. The van der Waals surface area contributed by atoms with Crippen LogP contribution in [0, 0.1) is 5.41 Å². The predicted molar refractivity (Wildman–Crippen MR) is 65.9 cm³/mol. The summed E-state index contributed by atoms with van der Waals surface area (Å²) in [5, 5.41) is 7.07. The van der Waals surface area contributed by atoms with Crippen molar-refractivity contribution >= 4 is 30.6 Å². The fraction of sp³-hybridized carbons (Fsp3) is 0.889. The van der Waals surface area contributed by atoms with Crippen LogP contribution >= 0.6 is 24.8 Å². The molecule has 3 N–H and O–H groups in total. The van der Waals surface area contributed by atoms with Crippen LogP contribution in [0.4, 0.5) is 0 Å². The summed E-state index contributed by atoms with van der Waals surface area (Å²) >= 11 is 0. The van der Waals surface area contributed by atoms with E-state index in [0.717, 1.165) is 19.4 Å². The second-order valence-corrected chi connectivity index (χ2v) is 3.53. The van der Waals surface area contributed by atoms with Gasteiger partial charge in [0.15, 0.2) is 0 Å². The molecule has 0 spiro atoms. The summed E-state index contributed by atoms with van der Waals surface area (Å²) in [5.41, 5.74) is 5.27. The molecule has 0 bridgehead atoms. The van der Waals surface area contributed by atoms with Crippen molar-refractivity contribution < 1.29 is 0 Å². The van der Waals surface area contributed by atoms with E-state index in [2.05, 4.69) is 4.90 Å². The number of hydrogen-bond donors (Lipinski definition) is 2. The molecule has 0 saturated carbocycles. The van der Waals surface area contributed by atoms with Crippen LogP contribution in [-0.4, -0.2) is 30.4 Å². The maximum atomic E-state index is 7.07. The lowest BCUT2D eigenvalue weighted by atomic mass is 10.1. The summed E-state index contributed by atoms with van der Waals surface area (Å²) in [6.07, 6.45) is 5.90. The number of rotatable bonds is 4. The lowest BCUT2D eigenvalue weighted by Crippen LogP contribution is -2.31. The topological polar surface area (TPSA) is 53.1 Å². The van der Waals surface area contributed by atoms with Crippen molar-refractivity contribution in [3.05, 3.63) is 0 Å². The molecule has 0 amide bonds. The van der Waals surface area contributed by atoms with Gasteiger partial charge in [0.2, 0.25) is 0 Å². The third-order valence-corrected chi connectivity index (χ3v) is 2.37. The van der Waals surface area contributed by atoms with E-state index in [1.807, 2.05) is 0 Å². The smallest absolute Gasteiger partial charge is 0.0905 e. The molecular formula is C9H21Cl2N3. The van der Waals surface area contributed by atoms with E-state index in [1.165, 1.54) is 32.4 Å². The molecular weight excluding hydrogens is 221 g/mol. The summed E-state index contributed by atoms with van der Waals surface area (Å²) in [6.45, 7) is 3.62. The molecule has 0 aromatic carbocycles. The minimum absolute atomic E-state index is 0. The van der Waals surface area contributed by atoms with Crippen molar-refractivity contribution in [2.45, 2.75) is 32.1 Å². The van der Waals surface area contributed by atoms with Gasteiger partial charge >= 0.3 is 0 Å². The van der Waals surface area contributed by atoms with Gasteiger partial charge in [-0.2, -0.15) is 0 Å². The molecule has 0 aliphatic carbocycles. The zero-order valence-electron chi connectivity index (χ0n) is 8.50. The highest BCUT2D eigenvalue weighted by Crippen LogP contribution is 2.08. The summed E-state index contributed by atoms with van der Waals surface area (Å²) in [4.78, 5) is 2.48. The zero-order chi connectivity index (χ0) is 8.81. The Hall–Kier alpha value is 0.01000. The van der Waals surface area contributed by atoms with E-state index < -0.39 is 0 Å². The molecule has 0 radical (unpaired) electrons. The van der Waals surface area contributed by atoms with Gasteiger partial charge < -0.3 is 10.6 Å². The first-order chi connectivity index (χ1) is 5.79. The maximum absolute atomic E-state index is 7.07. The fourth-order valence-electron chi connectivity index (χ4n) is 1.68. The van der Waals surface area contributed by atoms with Crippen molar-refractivity contribution in [2.24, 2.45) is 5.73 Å². The second-order valence-electron chi connectivity index (χ2n) is 3.53. The number of amidine groups is 1. The molecule has 86 valence electrons. The number of nitrogens with two attached hydrogens (primary N) is 1. The number of likely N-dealkylation sites (tertiary alicyclic amines) is 1. The Morgan fingerprint density at radius 1 is 1.14 bits per heavy atom. The van der Waals surface area contributed by atoms with Crippen molar-refractivity contribution in [1.29, 1.82) is 5.41 Å². The van der Waals surface area contributed by atoms with E-state index >= 15 is 0 Å². The molecule has 3 nitrogen and oxygen atoms in total. The van der Waals surface area contributed by atoms with Gasteiger partial charge in [0, 0.05) is 6.42 Å². The van der Waals surface area contributed by atoms with Crippen LogP contribution in [0.15, 0.2) is 0 Å². The highest BCUT2D eigenvalue weighted by atomic mass is 35.5. The first-order valence-corrected chi connectivity index (χ1v) is 4.84. The monoisotopic (exact) mass is 241 g/mol. The number of nitrogens with one attached hydrogen (secondary N) is 1. The molecule has 1 aliphatic heterocycles. The van der Waals surface area contributed by atoms with E-state index in [0.29, 0.717) is 5.84 Å². The Morgan fingerprint density at radius 2 is 1.71 bits per heavy atom. The Bertz CT molecular complexity index is 147. The lowest BCUT2D eigenvalue weighted by molar-refractivity contribution is 0.227. The summed E-state index contributed by atoms with van der Waals surface area (Å²) < 4.78 is 0. The van der Waals surface area contributed by atoms with Crippen LogP contribution in [0.3, 0.4) is 0 Å². The molecule has 1 heterocycles. The fourth-order valence-corrected chi connectivity index (χ4v) is 1.68. The molecule has 14 heavy (non-hydrogen) atoms. The SMILES string of the molecule is Cl.Cl.N=C(N)CCCN1CCCCC1. The lowest BCUT2D eigenvalue weighted by Gasteiger charge is -2.26. The van der Waals surface area contributed by atoms with Gasteiger partial charge in [0.25, 0.3) is 0 Å². The Balaban J connectivity index is 0. The van der Waals surface area contributed by atoms with E-state index in [1.54, 1.807) is 0 Å². The number of hydrogen-bond acceptors (Lipinski definition) is 2. The molecule has 1 fully saturated rings. The van der Waals surface area contributed by atoms with Gasteiger partial charge in [-0.05, 0) is 38.9 Å². The van der Waals surface area contributed by atoms with Crippen molar-refractivity contribution in [3.63, 3.8) is 0 Å². The third-order valence-electron chi connectivity index (χ3n) is 2.37. The summed E-state index contributed by atoms with van der Waals surface area (Å²) in [5.74, 6) is 0.326. The summed E-state index contributed by atoms with van der Waals surface area (Å²) in [6, 6.07) is 0. The van der Waals surface area contributed by atoms with Crippen molar-refractivity contribution in [1.82, 2.24) is 4.90 Å². The first-order valence-electron chi connectivity index (χ1n) is 4.84. The van der Waals surface area contributed by atoms with Gasteiger partial charge in [-0.3, -0.25) is 5.41 Å². The normalized spacial score (nSPS) is 16.6. The van der Waals surface area contributed by atoms with E-state index in [-0.39, 0.29) is 24.8 Å². The number of nitrogens with zero attached hydrogens (tertiary/aromatic N) is 1. The Kier molecular flexibility index (Phi) is 11.2. The highest BCUT2D eigenvalue weighted by molar-refractivity contribution is 5.85. The van der Waals surface area contributed by atoms with Crippen LogP contribution in [0.1, 0.15) is 32.1 Å². The van der Waals surface area contributed by atoms with Crippen molar-refractivity contribution in [3.8, 4) is 0 Å². The van der Waals surface area contributed by atoms with Crippen LogP contribution in [0.5, 0.6) is 0 Å². The van der Waals surface area contributed by atoms with Gasteiger partial charge in [-0.1, -0.05) is 6.42 Å². The quantitative estimate of drug-likeness (QED) is 0.585. The molecule has 1 saturated heterocycles. The van der Waals surface area contributed by atoms with Gasteiger partial charge in [-0.25, -0.2) is 0 Å². The average Bonchev–Trinajstić information content (AvgIpc) is 2.05. The van der Waals surface area contributed by atoms with Crippen LogP contribution in [0.2, 0.25) is 0 Å². The average molecular weight is 242 g/mol. The third kappa shape index (κ3) is 7.42. The minimum Gasteiger partial charge on any atom is -0.388 e. The van der Waals surface area contributed by atoms with Crippen molar-refractivity contribution in [2.75, 3.05) is 19.6 Å². The molecule has 0 atom stereocenters. The number of piperidine rings is 1. The number of halogens is 2. The summed E-state index contributed by atoms with van der Waals surface area (Å²) in [7, 11) is 0. The van der Waals surface area contributed by atoms with E-state index in [4.69, 9.17) is 11.1 Å². The van der Waals surface area contributed by atoms with Gasteiger partial charge in [-0.15, -0.1) is 24.8 Å². The standard InChI is InChI=1S/C9H19N3.2ClH/c10-9(11)5-4-8-12-6-2-1-3-7-12;;/h1-8H2,(H3,10,11);2*1H. The van der Waals surface area contributed by atoms with Gasteiger partial charge in [0.05, 0.1) is 5.84 Å².